The number of benzene rings is 2. The summed E-state index contributed by atoms with van der Waals surface area (Å²) in [4.78, 5) is 13.0. The first kappa shape index (κ1) is 24.7. The van der Waals surface area contributed by atoms with Gasteiger partial charge in [0.1, 0.15) is 18.5 Å². The fourth-order valence-electron chi connectivity index (χ4n) is 3.62. The van der Waals surface area contributed by atoms with Gasteiger partial charge in [-0.15, -0.1) is 0 Å². The van der Waals surface area contributed by atoms with E-state index in [0.29, 0.717) is 37.2 Å². The fraction of sp³-hybridized carbons (Fsp3) is 0.458. The van der Waals surface area contributed by atoms with Crippen LogP contribution in [0.4, 0.5) is 10.5 Å². The molecule has 2 aromatic rings. The summed E-state index contributed by atoms with van der Waals surface area (Å²) in [5.74, 6) is 0.606. The molecule has 1 atom stereocenters. The monoisotopic (exact) mass is 429 g/mol. The maximum atomic E-state index is 10.9. The number of nitrogens with zero attached hydrogens (tertiary/aromatic N) is 1. The van der Waals surface area contributed by atoms with Gasteiger partial charge in [-0.3, -0.25) is 0 Å². The Morgan fingerprint density at radius 2 is 1.74 bits per heavy atom. The molecule has 31 heavy (non-hydrogen) atoms. The van der Waals surface area contributed by atoms with Gasteiger partial charge in [0.2, 0.25) is 0 Å². The third-order valence-corrected chi connectivity index (χ3v) is 5.20. The first-order valence-corrected chi connectivity index (χ1v) is 10.9. The van der Waals surface area contributed by atoms with Crippen molar-refractivity contribution in [1.82, 2.24) is 4.90 Å². The van der Waals surface area contributed by atoms with Gasteiger partial charge in [0.15, 0.2) is 0 Å². The van der Waals surface area contributed by atoms with Crippen LogP contribution in [0.5, 0.6) is 5.75 Å². The molecule has 0 spiro atoms. The SMILES string of the molecule is CC.NC(=O)Nc1ccc(OCC(O)CN2CCC(O)(Cc3ccccc3)CC2)cc1. The fourth-order valence-corrected chi connectivity index (χ4v) is 3.62. The van der Waals surface area contributed by atoms with Crippen molar-refractivity contribution in [3.8, 4) is 5.75 Å². The summed E-state index contributed by atoms with van der Waals surface area (Å²) in [6.45, 7) is 6.16. The molecular formula is C24H35N3O4. The van der Waals surface area contributed by atoms with Gasteiger partial charge in [-0.25, -0.2) is 4.79 Å². The molecule has 7 heteroatoms. The molecule has 2 aromatic carbocycles. The highest BCUT2D eigenvalue weighted by atomic mass is 16.5. The van der Waals surface area contributed by atoms with E-state index < -0.39 is 17.7 Å². The molecule has 1 unspecified atom stereocenters. The quantitative estimate of drug-likeness (QED) is 0.516. The molecule has 3 rings (SSSR count). The average Bonchev–Trinajstić information content (AvgIpc) is 2.77. The van der Waals surface area contributed by atoms with Gasteiger partial charge < -0.3 is 30.9 Å². The highest BCUT2D eigenvalue weighted by Gasteiger charge is 2.32. The van der Waals surface area contributed by atoms with Crippen molar-refractivity contribution in [3.05, 3.63) is 60.2 Å². The Hall–Kier alpha value is -2.61. The van der Waals surface area contributed by atoms with Gasteiger partial charge in [-0.1, -0.05) is 44.2 Å². The first-order valence-electron chi connectivity index (χ1n) is 10.9. The van der Waals surface area contributed by atoms with Crippen LogP contribution in [-0.4, -0.2) is 59.1 Å². The second-order valence-corrected chi connectivity index (χ2v) is 7.67. The van der Waals surface area contributed by atoms with E-state index in [1.54, 1.807) is 24.3 Å². The molecule has 0 saturated carbocycles. The van der Waals surface area contributed by atoms with E-state index >= 15 is 0 Å². The lowest BCUT2D eigenvalue weighted by molar-refractivity contribution is -0.0325. The van der Waals surface area contributed by atoms with Crippen LogP contribution >= 0.6 is 0 Å². The number of piperidine rings is 1. The summed E-state index contributed by atoms with van der Waals surface area (Å²) in [7, 11) is 0. The molecule has 1 fully saturated rings. The van der Waals surface area contributed by atoms with Crippen molar-refractivity contribution < 1.29 is 19.7 Å². The van der Waals surface area contributed by atoms with Crippen LogP contribution in [0.2, 0.25) is 0 Å². The molecule has 1 heterocycles. The highest BCUT2D eigenvalue weighted by Crippen LogP contribution is 2.26. The van der Waals surface area contributed by atoms with E-state index in [1.807, 2.05) is 44.2 Å². The van der Waals surface area contributed by atoms with E-state index in [9.17, 15) is 15.0 Å². The third kappa shape index (κ3) is 8.57. The molecule has 0 bridgehead atoms. The predicted molar refractivity (Wildman–Crippen MR) is 123 cm³/mol. The summed E-state index contributed by atoms with van der Waals surface area (Å²) in [5.41, 5.74) is 6.12. The Labute approximate surface area is 184 Å². The Morgan fingerprint density at radius 1 is 1.13 bits per heavy atom. The van der Waals surface area contributed by atoms with Crippen LogP contribution in [-0.2, 0) is 6.42 Å². The third-order valence-electron chi connectivity index (χ3n) is 5.20. The minimum atomic E-state index is -0.681. The Bertz CT molecular complexity index is 775. The van der Waals surface area contributed by atoms with Crippen molar-refractivity contribution in [2.45, 2.75) is 44.8 Å². The van der Waals surface area contributed by atoms with E-state index in [1.165, 1.54) is 0 Å². The van der Waals surface area contributed by atoms with Crippen LogP contribution in [0, 0.1) is 0 Å². The van der Waals surface area contributed by atoms with Crippen LogP contribution in [0.15, 0.2) is 54.6 Å². The van der Waals surface area contributed by atoms with Crippen LogP contribution < -0.4 is 15.8 Å². The molecule has 1 saturated heterocycles. The Kier molecular flexibility index (Phi) is 9.78. The lowest BCUT2D eigenvalue weighted by Crippen LogP contribution is -2.48. The summed E-state index contributed by atoms with van der Waals surface area (Å²) in [6, 6.07) is 16.2. The number of anilines is 1. The topological polar surface area (TPSA) is 108 Å². The zero-order chi connectivity index (χ0) is 22.7. The van der Waals surface area contributed by atoms with Gasteiger partial charge in [0, 0.05) is 31.7 Å². The average molecular weight is 430 g/mol. The zero-order valence-electron chi connectivity index (χ0n) is 18.5. The molecule has 5 N–H and O–H groups in total. The number of carbonyl (C=O) groups is 1. The second kappa shape index (κ2) is 12.3. The summed E-state index contributed by atoms with van der Waals surface area (Å²) < 4.78 is 5.62. The van der Waals surface area contributed by atoms with Gasteiger partial charge >= 0.3 is 6.03 Å². The van der Waals surface area contributed by atoms with Crippen molar-refractivity contribution in [2.24, 2.45) is 5.73 Å². The number of hydrogen-bond donors (Lipinski definition) is 4. The maximum absolute atomic E-state index is 10.9. The number of carbonyl (C=O) groups excluding carboxylic acids is 1. The molecule has 170 valence electrons. The van der Waals surface area contributed by atoms with Gasteiger partial charge in [-0.2, -0.15) is 0 Å². The number of rotatable bonds is 8. The molecule has 7 nitrogen and oxygen atoms in total. The molecule has 0 aliphatic carbocycles. The van der Waals surface area contributed by atoms with Crippen molar-refractivity contribution in [1.29, 1.82) is 0 Å². The van der Waals surface area contributed by atoms with Crippen molar-refractivity contribution in [3.63, 3.8) is 0 Å². The normalized spacial score (nSPS) is 16.5. The number of hydrogen-bond acceptors (Lipinski definition) is 5. The smallest absolute Gasteiger partial charge is 0.316 e. The van der Waals surface area contributed by atoms with Gasteiger partial charge in [0.25, 0.3) is 0 Å². The van der Waals surface area contributed by atoms with Crippen molar-refractivity contribution in [2.75, 3.05) is 31.6 Å². The number of primary amides is 1. The largest absolute Gasteiger partial charge is 0.491 e. The number of amides is 2. The first-order chi connectivity index (χ1) is 14.9. The number of nitrogens with one attached hydrogen (secondary N) is 1. The lowest BCUT2D eigenvalue weighted by atomic mass is 9.85. The maximum Gasteiger partial charge on any atom is 0.316 e. The molecule has 2 amide bonds. The van der Waals surface area contributed by atoms with Crippen LogP contribution in [0.3, 0.4) is 0 Å². The van der Waals surface area contributed by atoms with Crippen molar-refractivity contribution >= 4 is 11.7 Å². The second-order valence-electron chi connectivity index (χ2n) is 7.67. The number of aliphatic hydroxyl groups excluding tert-OH is 1. The molecule has 1 aliphatic heterocycles. The Balaban J connectivity index is 0.00000166. The predicted octanol–water partition coefficient (Wildman–Crippen LogP) is 3.01. The summed E-state index contributed by atoms with van der Waals surface area (Å²) in [6.07, 6.45) is 1.40. The van der Waals surface area contributed by atoms with Gasteiger partial charge in [0.05, 0.1) is 5.60 Å². The number of nitrogens with two attached hydrogens (primary N) is 1. The van der Waals surface area contributed by atoms with E-state index in [0.717, 1.165) is 18.7 Å². The van der Waals surface area contributed by atoms with Crippen LogP contribution in [0.1, 0.15) is 32.3 Å². The number of ether oxygens (including phenoxy) is 1. The molecular weight excluding hydrogens is 394 g/mol. The molecule has 0 radical (unpaired) electrons. The number of β-amino-alcohol motifs (C(OH)–C–C–N with tert-alkyl or cyclic N) is 1. The lowest BCUT2D eigenvalue weighted by Gasteiger charge is -2.39. The molecule has 1 aliphatic rings. The standard InChI is InChI=1S/C22H29N3O4.C2H6/c23-21(27)24-18-6-8-20(9-7-18)29-16-19(26)15-25-12-10-22(28,11-13-25)14-17-4-2-1-3-5-17;1-2/h1-9,19,26,28H,10-16H2,(H3,23,24,27);1-2H3. The number of aliphatic hydroxyl groups is 2. The number of likely N-dealkylation sites (tertiary alicyclic amines) is 1. The van der Waals surface area contributed by atoms with E-state index in [4.69, 9.17) is 10.5 Å². The van der Waals surface area contributed by atoms with E-state index in [2.05, 4.69) is 10.2 Å². The highest BCUT2D eigenvalue weighted by molar-refractivity contribution is 5.87. The van der Waals surface area contributed by atoms with E-state index in [-0.39, 0.29) is 6.61 Å². The Morgan fingerprint density at radius 3 is 2.32 bits per heavy atom. The summed E-state index contributed by atoms with van der Waals surface area (Å²) in [5, 5.41) is 23.6. The number of urea groups is 1. The van der Waals surface area contributed by atoms with Crippen LogP contribution in [0.25, 0.3) is 0 Å². The zero-order valence-corrected chi connectivity index (χ0v) is 18.5. The summed E-state index contributed by atoms with van der Waals surface area (Å²) >= 11 is 0. The minimum Gasteiger partial charge on any atom is -0.491 e. The van der Waals surface area contributed by atoms with Gasteiger partial charge in [-0.05, 0) is 42.7 Å². The minimum absolute atomic E-state index is 0.174. The molecule has 0 aromatic heterocycles.